The predicted octanol–water partition coefficient (Wildman–Crippen LogP) is 6.02. The van der Waals surface area contributed by atoms with Crippen LogP contribution in [0.1, 0.15) is 66.2 Å². The van der Waals surface area contributed by atoms with E-state index in [4.69, 9.17) is 9.16 Å². The van der Waals surface area contributed by atoms with Crippen LogP contribution in [0.5, 0.6) is 0 Å². The number of hydrogen-bond acceptors (Lipinski definition) is 5. The number of pyridine rings is 1. The van der Waals surface area contributed by atoms with Crippen molar-refractivity contribution in [2.45, 2.75) is 96.5 Å². The third-order valence-electron chi connectivity index (χ3n) is 11.7. The molecule has 5 unspecified atom stereocenters. The zero-order valence-corrected chi connectivity index (χ0v) is 27.3. The van der Waals surface area contributed by atoms with Crippen molar-refractivity contribution >= 4 is 25.9 Å². The first kappa shape index (κ1) is 30.5. The van der Waals surface area contributed by atoms with Crippen molar-refractivity contribution < 1.29 is 18.8 Å². The maximum absolute atomic E-state index is 13.3. The minimum atomic E-state index is -1.97. The molecule has 0 bridgehead atoms. The van der Waals surface area contributed by atoms with E-state index in [1.54, 1.807) is 19.3 Å². The van der Waals surface area contributed by atoms with E-state index in [0.29, 0.717) is 49.5 Å². The Morgan fingerprint density at radius 1 is 1.15 bits per heavy atom. The predicted molar refractivity (Wildman–Crippen MR) is 164 cm³/mol. The van der Waals surface area contributed by atoms with Crippen molar-refractivity contribution in [3.63, 3.8) is 0 Å². The summed E-state index contributed by atoms with van der Waals surface area (Å²) < 4.78 is 12.7. The van der Waals surface area contributed by atoms with Gasteiger partial charge < -0.3 is 24.3 Å². The molecule has 3 heterocycles. The Morgan fingerprint density at radius 3 is 2.49 bits per heavy atom. The van der Waals surface area contributed by atoms with Crippen LogP contribution in [0.2, 0.25) is 18.1 Å². The Morgan fingerprint density at radius 2 is 1.88 bits per heavy atom. The molecular formula is C32H52N4O4Si. The number of nitrogens with zero attached hydrogens (tertiary/aromatic N) is 3. The van der Waals surface area contributed by atoms with Crippen molar-refractivity contribution in [3.8, 4) is 0 Å². The number of likely N-dealkylation sites (tertiary alicyclic amines) is 2. The molecule has 2 saturated heterocycles. The number of piperidine rings is 2. The van der Waals surface area contributed by atoms with E-state index >= 15 is 0 Å². The third-order valence-corrected chi connectivity index (χ3v) is 16.2. The first-order chi connectivity index (χ1) is 19.3. The van der Waals surface area contributed by atoms with E-state index in [2.05, 4.69) is 49.1 Å². The van der Waals surface area contributed by atoms with Crippen LogP contribution in [0.25, 0.3) is 0 Å². The fourth-order valence-corrected chi connectivity index (χ4v) is 9.49. The molecule has 2 saturated carbocycles. The highest BCUT2D eigenvalue weighted by atomic mass is 28.4. The molecule has 0 aromatic carbocycles. The zero-order valence-electron chi connectivity index (χ0n) is 26.3. The number of anilines is 1. The van der Waals surface area contributed by atoms with Crippen LogP contribution >= 0.6 is 0 Å². The first-order valence-electron chi connectivity index (χ1n) is 15.7. The SMILES string of the molecule is COC1CCC2C(C1)CC1C2C2(CCN(C(=O)Nc3cccnc3)CC2)CN(C(C)=O)[C@H]1CO[Si](C)(C)C(C)(C)C. The van der Waals surface area contributed by atoms with Crippen molar-refractivity contribution in [2.24, 2.45) is 29.1 Å². The summed E-state index contributed by atoms with van der Waals surface area (Å²) in [6.45, 7) is 16.1. The number of urea groups is 1. The summed E-state index contributed by atoms with van der Waals surface area (Å²) in [6.07, 6.45) is 10.2. The van der Waals surface area contributed by atoms with Crippen LogP contribution in [-0.4, -0.2) is 80.5 Å². The van der Waals surface area contributed by atoms with E-state index < -0.39 is 8.32 Å². The molecule has 1 aromatic heterocycles. The number of nitrogens with one attached hydrogen (secondary N) is 1. The summed E-state index contributed by atoms with van der Waals surface area (Å²) in [7, 11) is -0.113. The Kier molecular flexibility index (Phi) is 8.63. The van der Waals surface area contributed by atoms with Gasteiger partial charge in [-0.05, 0) is 97.9 Å². The number of hydrogen-bond donors (Lipinski definition) is 1. The standard InChI is InChI=1S/C32H52N4O4Si/c1-22(37)36-21-32(12-15-35(16-13-32)30(38)34-24-9-8-14-33-19-24)29-26-11-10-25(39-5)17-23(26)18-27(29)28(36)20-40-41(6,7)31(2,3)4/h8-9,14,19,23,25-29H,10-13,15-18,20-21H2,1-7H3,(H,34,38)/t23?,25?,26?,27?,28-,29?/m0/s1. The number of carbonyl (C=O) groups is 2. The minimum Gasteiger partial charge on any atom is -0.415 e. The van der Waals surface area contributed by atoms with Crippen LogP contribution in [0.3, 0.4) is 0 Å². The van der Waals surface area contributed by atoms with E-state index in [-0.39, 0.29) is 28.4 Å². The normalized spacial score (nSPS) is 31.5. The van der Waals surface area contributed by atoms with E-state index in [9.17, 15) is 9.59 Å². The number of fused-ring (bicyclic) bond motifs is 4. The van der Waals surface area contributed by atoms with Gasteiger partial charge in [-0.25, -0.2) is 4.79 Å². The molecule has 6 atom stereocenters. The Balaban J connectivity index is 1.39. The van der Waals surface area contributed by atoms with E-state index in [0.717, 1.165) is 44.3 Å². The van der Waals surface area contributed by atoms with Gasteiger partial charge in [-0.3, -0.25) is 9.78 Å². The van der Waals surface area contributed by atoms with Gasteiger partial charge in [-0.2, -0.15) is 0 Å². The molecule has 1 aromatic rings. The van der Waals surface area contributed by atoms with Crippen LogP contribution in [0.15, 0.2) is 24.5 Å². The van der Waals surface area contributed by atoms with Crippen LogP contribution in [0, 0.1) is 29.1 Å². The summed E-state index contributed by atoms with van der Waals surface area (Å²) in [4.78, 5) is 34.7. The summed E-state index contributed by atoms with van der Waals surface area (Å²) in [5.41, 5.74) is 0.755. The Hall–Kier alpha value is -1.97. The lowest BCUT2D eigenvalue weighted by atomic mass is 9.57. The molecule has 3 amide bonds. The van der Waals surface area contributed by atoms with Crippen molar-refractivity contribution in [1.29, 1.82) is 0 Å². The number of carbonyl (C=O) groups excluding carboxylic acids is 2. The lowest BCUT2D eigenvalue weighted by molar-refractivity contribution is -0.150. The monoisotopic (exact) mass is 584 g/mol. The molecule has 5 rings (SSSR count). The van der Waals surface area contributed by atoms with Gasteiger partial charge in [-0.15, -0.1) is 0 Å². The van der Waals surface area contributed by atoms with E-state index in [1.165, 1.54) is 6.42 Å². The molecule has 8 nitrogen and oxygen atoms in total. The van der Waals surface area contributed by atoms with Gasteiger partial charge in [0.2, 0.25) is 5.91 Å². The third kappa shape index (κ3) is 5.96. The molecule has 41 heavy (non-hydrogen) atoms. The second kappa shape index (κ2) is 11.6. The Labute approximate surface area is 248 Å². The summed E-state index contributed by atoms with van der Waals surface area (Å²) in [5, 5.41) is 3.14. The van der Waals surface area contributed by atoms with E-state index in [1.807, 2.05) is 24.1 Å². The zero-order chi connectivity index (χ0) is 29.6. The second-order valence-electron chi connectivity index (χ2n) is 14.8. The average molecular weight is 585 g/mol. The highest BCUT2D eigenvalue weighted by Crippen LogP contribution is 2.62. The summed E-state index contributed by atoms with van der Waals surface area (Å²) >= 11 is 0. The van der Waals surface area contributed by atoms with Crippen LogP contribution in [0.4, 0.5) is 10.5 Å². The highest BCUT2D eigenvalue weighted by Gasteiger charge is 2.61. The van der Waals surface area contributed by atoms with Crippen LogP contribution in [-0.2, 0) is 14.0 Å². The largest absolute Gasteiger partial charge is 0.415 e. The van der Waals surface area contributed by atoms with Gasteiger partial charge >= 0.3 is 6.03 Å². The molecule has 228 valence electrons. The number of methoxy groups -OCH3 is 1. The first-order valence-corrected chi connectivity index (χ1v) is 18.7. The molecule has 9 heteroatoms. The molecule has 1 spiro atoms. The van der Waals surface area contributed by atoms with Crippen LogP contribution < -0.4 is 5.32 Å². The number of aromatic nitrogens is 1. The summed E-state index contributed by atoms with van der Waals surface area (Å²) in [6, 6.07) is 3.76. The number of amides is 3. The number of rotatable bonds is 5. The van der Waals surface area contributed by atoms with Crippen molar-refractivity contribution in [1.82, 2.24) is 14.8 Å². The van der Waals surface area contributed by atoms with Gasteiger partial charge in [-0.1, -0.05) is 20.8 Å². The minimum absolute atomic E-state index is 0.0359. The summed E-state index contributed by atoms with van der Waals surface area (Å²) in [5.74, 6) is 2.44. The number of ether oxygens (including phenoxy) is 1. The van der Waals surface area contributed by atoms with Gasteiger partial charge in [0, 0.05) is 39.9 Å². The van der Waals surface area contributed by atoms with Gasteiger partial charge in [0.1, 0.15) is 0 Å². The van der Waals surface area contributed by atoms with Gasteiger partial charge in [0.05, 0.1) is 30.6 Å². The maximum atomic E-state index is 13.3. The smallest absolute Gasteiger partial charge is 0.321 e. The lowest BCUT2D eigenvalue weighted by Gasteiger charge is -2.58. The molecule has 1 N–H and O–H groups in total. The molecule has 4 aliphatic rings. The molecule has 0 radical (unpaired) electrons. The molecular weight excluding hydrogens is 532 g/mol. The molecule has 4 fully saturated rings. The maximum Gasteiger partial charge on any atom is 0.321 e. The Bertz CT molecular complexity index is 1080. The topological polar surface area (TPSA) is 84.0 Å². The molecule has 2 aliphatic heterocycles. The second-order valence-corrected chi connectivity index (χ2v) is 19.6. The lowest BCUT2D eigenvalue weighted by Crippen LogP contribution is -2.64. The fraction of sp³-hybridized carbons (Fsp3) is 0.781. The van der Waals surface area contributed by atoms with Gasteiger partial charge in [0.15, 0.2) is 8.32 Å². The average Bonchev–Trinajstić information content (AvgIpc) is 3.32. The van der Waals surface area contributed by atoms with Crippen molar-refractivity contribution in [3.05, 3.63) is 24.5 Å². The molecule has 2 aliphatic carbocycles. The quantitative estimate of drug-likeness (QED) is 0.428. The fourth-order valence-electron chi connectivity index (χ4n) is 8.47. The van der Waals surface area contributed by atoms with Gasteiger partial charge in [0.25, 0.3) is 0 Å². The van der Waals surface area contributed by atoms with Crippen molar-refractivity contribution in [2.75, 3.05) is 38.7 Å². The highest BCUT2D eigenvalue weighted by molar-refractivity contribution is 6.74.